The van der Waals surface area contributed by atoms with Gasteiger partial charge < -0.3 is 14.7 Å². The minimum absolute atomic E-state index is 0.197. The zero-order valence-corrected chi connectivity index (χ0v) is 21.7. The molecule has 0 atom stereocenters. The van der Waals surface area contributed by atoms with E-state index in [-0.39, 0.29) is 18.1 Å². The fourth-order valence-corrected chi connectivity index (χ4v) is 4.47. The highest BCUT2D eigenvalue weighted by Gasteiger charge is 2.31. The van der Waals surface area contributed by atoms with Crippen LogP contribution in [0.5, 0.6) is 5.75 Å². The van der Waals surface area contributed by atoms with Crippen LogP contribution in [0.3, 0.4) is 0 Å². The van der Waals surface area contributed by atoms with Crippen LogP contribution in [0.2, 0.25) is 5.02 Å². The molecule has 0 fully saturated rings. The van der Waals surface area contributed by atoms with Gasteiger partial charge >= 0.3 is 5.97 Å². The molecular weight excluding hydrogens is 490 g/mol. The van der Waals surface area contributed by atoms with Crippen molar-refractivity contribution in [1.29, 1.82) is 0 Å². The molecule has 8 heteroatoms. The van der Waals surface area contributed by atoms with Gasteiger partial charge in [-0.1, -0.05) is 67.9 Å². The zero-order valence-electron chi connectivity index (χ0n) is 20.9. The van der Waals surface area contributed by atoms with E-state index in [0.29, 0.717) is 35.1 Å². The van der Waals surface area contributed by atoms with Gasteiger partial charge in [0.05, 0.1) is 11.3 Å². The second-order valence-electron chi connectivity index (χ2n) is 8.38. The number of carbonyl (C=O) groups is 2. The maximum absolute atomic E-state index is 13.9. The van der Waals surface area contributed by atoms with Crippen LogP contribution in [0.4, 0.5) is 0 Å². The number of amides is 1. The summed E-state index contributed by atoms with van der Waals surface area (Å²) >= 11 is 6.23. The Morgan fingerprint density at radius 2 is 1.65 bits per heavy atom. The molecule has 0 saturated heterocycles. The lowest BCUT2D eigenvalue weighted by Crippen LogP contribution is -2.31. The number of aromatic nitrogens is 2. The number of carboxylic acids is 1. The topological polar surface area (TPSA) is 84.7 Å². The Bertz CT molecular complexity index is 1420. The van der Waals surface area contributed by atoms with E-state index >= 15 is 0 Å². The highest BCUT2D eigenvalue weighted by Crippen LogP contribution is 2.40. The molecule has 0 radical (unpaired) electrons. The van der Waals surface area contributed by atoms with Gasteiger partial charge in [0.1, 0.15) is 12.4 Å². The third-order valence-corrected chi connectivity index (χ3v) is 6.23. The van der Waals surface area contributed by atoms with Crippen molar-refractivity contribution in [3.05, 3.63) is 106 Å². The SMILES string of the molecule is CC.Cn1nc(C(=O)N(Cc2ccccc2)Cc2ccc(C(=O)O)cc2)c2c1-c1cc(Cl)ccc1OC2. The fourth-order valence-electron chi connectivity index (χ4n) is 4.30. The van der Waals surface area contributed by atoms with Gasteiger partial charge in [0.25, 0.3) is 5.91 Å². The standard InChI is InChI=1S/C27H22ClN3O4.C2H6/c1-30-25-21-13-20(28)11-12-23(21)35-16-22(25)24(29-30)26(32)31(14-17-5-3-2-4-6-17)15-18-7-9-19(10-8-18)27(33)34;1-2/h2-13H,14-16H2,1H3,(H,33,34);1-2H3. The molecule has 0 spiro atoms. The van der Waals surface area contributed by atoms with E-state index in [1.54, 1.807) is 47.0 Å². The summed E-state index contributed by atoms with van der Waals surface area (Å²) in [6.07, 6.45) is 0. The van der Waals surface area contributed by atoms with E-state index in [9.17, 15) is 14.7 Å². The fraction of sp³-hybridized carbons (Fsp3) is 0.207. The van der Waals surface area contributed by atoms with Crippen molar-refractivity contribution in [3.8, 4) is 17.0 Å². The smallest absolute Gasteiger partial charge is 0.335 e. The van der Waals surface area contributed by atoms with Gasteiger partial charge in [-0.15, -0.1) is 0 Å². The molecule has 5 rings (SSSR count). The molecule has 1 aliphatic rings. The lowest BCUT2D eigenvalue weighted by atomic mass is 10.0. The molecule has 3 aromatic carbocycles. The second-order valence-corrected chi connectivity index (χ2v) is 8.81. The lowest BCUT2D eigenvalue weighted by molar-refractivity contribution is 0.0692. The van der Waals surface area contributed by atoms with Gasteiger partial charge in [0.2, 0.25) is 0 Å². The van der Waals surface area contributed by atoms with Crippen molar-refractivity contribution < 1.29 is 19.4 Å². The largest absolute Gasteiger partial charge is 0.488 e. The van der Waals surface area contributed by atoms with E-state index in [0.717, 1.165) is 22.4 Å². The van der Waals surface area contributed by atoms with E-state index in [4.69, 9.17) is 16.3 Å². The number of carboxylic acid groups (broad SMARTS) is 1. The Labute approximate surface area is 220 Å². The summed E-state index contributed by atoms with van der Waals surface area (Å²) in [5.41, 5.74) is 4.63. The van der Waals surface area contributed by atoms with Gasteiger partial charge in [-0.3, -0.25) is 9.48 Å². The van der Waals surface area contributed by atoms with Crippen molar-refractivity contribution in [2.45, 2.75) is 33.5 Å². The van der Waals surface area contributed by atoms with Crippen molar-refractivity contribution in [1.82, 2.24) is 14.7 Å². The minimum atomic E-state index is -0.991. The van der Waals surface area contributed by atoms with Crippen molar-refractivity contribution in [2.24, 2.45) is 7.05 Å². The van der Waals surface area contributed by atoms with Gasteiger partial charge in [0.15, 0.2) is 5.69 Å². The zero-order chi connectivity index (χ0) is 26.5. The summed E-state index contributed by atoms with van der Waals surface area (Å²) < 4.78 is 7.62. The molecular formula is C29H28ClN3O4. The summed E-state index contributed by atoms with van der Waals surface area (Å²) in [4.78, 5) is 26.8. The van der Waals surface area contributed by atoms with Crippen LogP contribution < -0.4 is 4.74 Å². The van der Waals surface area contributed by atoms with Crippen molar-refractivity contribution in [2.75, 3.05) is 0 Å². The third-order valence-electron chi connectivity index (χ3n) is 5.99. The molecule has 2 heterocycles. The second kappa shape index (κ2) is 11.3. The van der Waals surface area contributed by atoms with Crippen LogP contribution in [0.1, 0.15) is 51.4 Å². The quantitative estimate of drug-likeness (QED) is 0.329. The summed E-state index contributed by atoms with van der Waals surface area (Å²) in [5.74, 6) is -0.528. The first-order valence-corrected chi connectivity index (χ1v) is 12.4. The molecule has 1 N–H and O–H groups in total. The molecule has 0 bridgehead atoms. The number of rotatable bonds is 6. The van der Waals surface area contributed by atoms with Crippen molar-refractivity contribution in [3.63, 3.8) is 0 Å². The molecule has 0 unspecified atom stereocenters. The summed E-state index contributed by atoms with van der Waals surface area (Å²) in [7, 11) is 1.80. The molecule has 1 aromatic heterocycles. The summed E-state index contributed by atoms with van der Waals surface area (Å²) in [6.45, 7) is 4.89. The van der Waals surface area contributed by atoms with E-state index in [1.807, 2.05) is 56.3 Å². The Morgan fingerprint density at radius 1 is 1.00 bits per heavy atom. The average molecular weight is 518 g/mol. The highest BCUT2D eigenvalue weighted by atomic mass is 35.5. The number of hydrogen-bond acceptors (Lipinski definition) is 4. The normalized spacial score (nSPS) is 11.4. The Balaban J connectivity index is 0.00000156. The van der Waals surface area contributed by atoms with E-state index in [2.05, 4.69) is 5.10 Å². The monoisotopic (exact) mass is 517 g/mol. The number of fused-ring (bicyclic) bond motifs is 3. The van der Waals surface area contributed by atoms with Gasteiger partial charge in [-0.25, -0.2) is 4.79 Å². The van der Waals surface area contributed by atoms with E-state index < -0.39 is 5.97 Å². The van der Waals surface area contributed by atoms with Gasteiger partial charge in [0, 0.05) is 36.3 Å². The molecule has 1 aliphatic heterocycles. The minimum Gasteiger partial charge on any atom is -0.488 e. The van der Waals surface area contributed by atoms with Crippen LogP contribution in [0, 0.1) is 0 Å². The first kappa shape index (κ1) is 26.0. The number of benzene rings is 3. The van der Waals surface area contributed by atoms with Crippen LogP contribution >= 0.6 is 11.6 Å². The number of carbonyl (C=O) groups excluding carboxylic acids is 1. The number of hydrogen-bond donors (Lipinski definition) is 1. The van der Waals surface area contributed by atoms with Crippen LogP contribution in [-0.2, 0) is 26.7 Å². The number of ether oxygens (including phenoxy) is 1. The maximum Gasteiger partial charge on any atom is 0.335 e. The average Bonchev–Trinajstić information content (AvgIpc) is 3.26. The number of aromatic carboxylic acids is 1. The van der Waals surface area contributed by atoms with Crippen LogP contribution in [0.15, 0.2) is 72.8 Å². The maximum atomic E-state index is 13.9. The lowest BCUT2D eigenvalue weighted by Gasteiger charge is -2.24. The molecule has 0 saturated carbocycles. The predicted molar refractivity (Wildman–Crippen MR) is 143 cm³/mol. The summed E-state index contributed by atoms with van der Waals surface area (Å²) in [6, 6.07) is 21.6. The first-order valence-electron chi connectivity index (χ1n) is 12.0. The Kier molecular flexibility index (Phi) is 7.94. The first-order chi connectivity index (χ1) is 17.9. The molecule has 190 valence electrons. The molecule has 4 aromatic rings. The molecule has 0 aliphatic carbocycles. The van der Waals surface area contributed by atoms with Crippen LogP contribution in [-0.4, -0.2) is 31.7 Å². The third kappa shape index (κ3) is 5.52. The molecule has 37 heavy (non-hydrogen) atoms. The summed E-state index contributed by atoms with van der Waals surface area (Å²) in [5, 5.41) is 14.4. The van der Waals surface area contributed by atoms with Crippen molar-refractivity contribution >= 4 is 23.5 Å². The molecule has 1 amide bonds. The number of nitrogens with zero attached hydrogens (tertiary/aromatic N) is 3. The van der Waals surface area contributed by atoms with Gasteiger partial charge in [-0.2, -0.15) is 5.10 Å². The molecule has 7 nitrogen and oxygen atoms in total. The number of aryl methyl sites for hydroxylation is 1. The number of halogens is 1. The Morgan fingerprint density at radius 3 is 2.30 bits per heavy atom. The van der Waals surface area contributed by atoms with E-state index in [1.165, 1.54) is 0 Å². The predicted octanol–water partition coefficient (Wildman–Crippen LogP) is 6.20. The Hall–Kier alpha value is -4.10. The van der Waals surface area contributed by atoms with Crippen LogP contribution in [0.25, 0.3) is 11.3 Å². The van der Waals surface area contributed by atoms with Gasteiger partial charge in [-0.05, 0) is 41.5 Å². The highest BCUT2D eigenvalue weighted by molar-refractivity contribution is 6.31.